The van der Waals surface area contributed by atoms with Crippen LogP contribution in [-0.2, 0) is 12.8 Å². The summed E-state index contributed by atoms with van der Waals surface area (Å²) in [5, 5.41) is 0. The van der Waals surface area contributed by atoms with E-state index in [0.717, 1.165) is 37.2 Å². The van der Waals surface area contributed by atoms with E-state index in [2.05, 4.69) is 89.9 Å². The van der Waals surface area contributed by atoms with Crippen molar-refractivity contribution >= 4 is 0 Å². The molecule has 1 atom stereocenters. The van der Waals surface area contributed by atoms with Crippen molar-refractivity contribution in [2.45, 2.75) is 38.0 Å². The lowest BCUT2D eigenvalue weighted by Crippen LogP contribution is -2.07. The molecule has 0 amide bonds. The number of unbranched alkanes of at least 4 members (excludes halogenated alkanes) is 2. The number of nitrogens with zero attached hydrogens (tertiary/aromatic N) is 1. The first kappa shape index (κ1) is 23.6. The quantitative estimate of drug-likeness (QED) is 0.212. The predicted molar refractivity (Wildman–Crippen MR) is 139 cm³/mol. The summed E-state index contributed by atoms with van der Waals surface area (Å²) in [6, 6.07) is 31.9. The molecule has 0 bridgehead atoms. The molecule has 0 aliphatic heterocycles. The van der Waals surface area contributed by atoms with E-state index in [0.29, 0.717) is 6.61 Å². The fourth-order valence-corrected chi connectivity index (χ4v) is 4.33. The molecule has 1 aromatic heterocycles. The molecule has 3 nitrogen and oxygen atoms in total. The average molecular weight is 452 g/mol. The standard InChI is InChI=1S/C31H33NO2/c1-33-30-17-16-28(24-31(30)34-22-10-4-7-13-25-11-5-2-6-12-25)29(27-14-8-3-9-15-27)23-26-18-20-32-21-19-26/h2-3,5-6,8-9,11-12,14-21,24,29H,4,7,10,13,22-23H2,1H3/t29-/m1/s1. The smallest absolute Gasteiger partial charge is 0.161 e. The first-order valence-corrected chi connectivity index (χ1v) is 12.1. The van der Waals surface area contributed by atoms with Gasteiger partial charge in [0.15, 0.2) is 11.5 Å². The van der Waals surface area contributed by atoms with Crippen LogP contribution < -0.4 is 9.47 Å². The zero-order valence-corrected chi connectivity index (χ0v) is 19.9. The Morgan fingerprint density at radius 1 is 0.676 bits per heavy atom. The molecule has 0 N–H and O–H groups in total. The Bertz CT molecular complexity index is 1110. The molecule has 0 spiro atoms. The summed E-state index contributed by atoms with van der Waals surface area (Å²) >= 11 is 0. The summed E-state index contributed by atoms with van der Waals surface area (Å²) in [5.74, 6) is 1.82. The van der Waals surface area contributed by atoms with Crippen molar-refractivity contribution in [1.82, 2.24) is 4.98 Å². The summed E-state index contributed by atoms with van der Waals surface area (Å²) in [5.41, 5.74) is 5.18. The molecule has 0 aliphatic rings. The van der Waals surface area contributed by atoms with Crippen LogP contribution in [0, 0.1) is 0 Å². The Hall–Kier alpha value is -3.59. The van der Waals surface area contributed by atoms with Crippen LogP contribution in [0.1, 0.15) is 47.4 Å². The van der Waals surface area contributed by atoms with Gasteiger partial charge in [-0.2, -0.15) is 0 Å². The van der Waals surface area contributed by atoms with Crippen LogP contribution in [0.15, 0.2) is 103 Å². The van der Waals surface area contributed by atoms with E-state index < -0.39 is 0 Å². The van der Waals surface area contributed by atoms with Crippen molar-refractivity contribution in [3.63, 3.8) is 0 Å². The molecule has 3 aromatic carbocycles. The predicted octanol–water partition coefficient (Wildman–Crippen LogP) is 7.26. The van der Waals surface area contributed by atoms with Crippen molar-refractivity contribution in [2.24, 2.45) is 0 Å². The van der Waals surface area contributed by atoms with Crippen molar-refractivity contribution in [3.05, 3.63) is 126 Å². The van der Waals surface area contributed by atoms with Crippen LogP contribution in [0.2, 0.25) is 0 Å². The Labute approximate surface area is 203 Å². The molecule has 3 heteroatoms. The third-order valence-electron chi connectivity index (χ3n) is 6.19. The second-order valence-electron chi connectivity index (χ2n) is 8.58. The third kappa shape index (κ3) is 6.71. The van der Waals surface area contributed by atoms with Gasteiger partial charge in [-0.3, -0.25) is 4.98 Å². The molecule has 4 aromatic rings. The number of ether oxygens (including phenoxy) is 2. The molecular formula is C31H33NO2. The molecule has 4 rings (SSSR count). The van der Waals surface area contributed by atoms with Gasteiger partial charge in [0.05, 0.1) is 13.7 Å². The summed E-state index contributed by atoms with van der Waals surface area (Å²) in [7, 11) is 1.70. The Morgan fingerprint density at radius 2 is 1.41 bits per heavy atom. The lowest BCUT2D eigenvalue weighted by atomic mass is 9.86. The number of rotatable bonds is 12. The lowest BCUT2D eigenvalue weighted by Gasteiger charge is -2.20. The molecule has 0 fully saturated rings. The van der Waals surface area contributed by atoms with E-state index in [1.54, 1.807) is 7.11 Å². The highest BCUT2D eigenvalue weighted by Gasteiger charge is 2.17. The number of aromatic nitrogens is 1. The number of hydrogen-bond acceptors (Lipinski definition) is 3. The molecule has 0 saturated carbocycles. The van der Waals surface area contributed by atoms with Crippen LogP contribution in [0.25, 0.3) is 0 Å². The normalized spacial score (nSPS) is 11.7. The Balaban J connectivity index is 1.42. The van der Waals surface area contributed by atoms with Crippen LogP contribution >= 0.6 is 0 Å². The number of methoxy groups -OCH3 is 1. The number of pyridine rings is 1. The molecule has 34 heavy (non-hydrogen) atoms. The maximum Gasteiger partial charge on any atom is 0.161 e. The molecule has 0 aliphatic carbocycles. The van der Waals surface area contributed by atoms with Crippen molar-refractivity contribution < 1.29 is 9.47 Å². The summed E-state index contributed by atoms with van der Waals surface area (Å²) in [4.78, 5) is 4.17. The molecule has 0 unspecified atom stereocenters. The topological polar surface area (TPSA) is 31.4 Å². The fraction of sp³-hybridized carbons (Fsp3) is 0.258. The molecular weight excluding hydrogens is 418 g/mol. The van der Waals surface area contributed by atoms with E-state index in [9.17, 15) is 0 Å². The van der Waals surface area contributed by atoms with Gasteiger partial charge < -0.3 is 9.47 Å². The largest absolute Gasteiger partial charge is 0.493 e. The molecule has 0 radical (unpaired) electrons. The Morgan fingerprint density at radius 3 is 2.15 bits per heavy atom. The number of aryl methyl sites for hydroxylation is 1. The number of hydrogen-bond donors (Lipinski definition) is 0. The van der Waals surface area contributed by atoms with Crippen LogP contribution in [0.3, 0.4) is 0 Å². The van der Waals surface area contributed by atoms with Gasteiger partial charge in [0.25, 0.3) is 0 Å². The van der Waals surface area contributed by atoms with Crippen molar-refractivity contribution in [2.75, 3.05) is 13.7 Å². The highest BCUT2D eigenvalue weighted by molar-refractivity contribution is 5.46. The van der Waals surface area contributed by atoms with Gasteiger partial charge in [0.1, 0.15) is 0 Å². The molecule has 174 valence electrons. The van der Waals surface area contributed by atoms with Gasteiger partial charge in [-0.15, -0.1) is 0 Å². The van der Waals surface area contributed by atoms with E-state index in [1.165, 1.54) is 28.7 Å². The summed E-state index contributed by atoms with van der Waals surface area (Å²) in [6.07, 6.45) is 9.08. The van der Waals surface area contributed by atoms with Crippen LogP contribution in [0.4, 0.5) is 0 Å². The zero-order chi connectivity index (χ0) is 23.4. The monoisotopic (exact) mass is 451 g/mol. The summed E-state index contributed by atoms with van der Waals surface area (Å²) < 4.78 is 11.8. The second-order valence-corrected chi connectivity index (χ2v) is 8.58. The molecule has 0 saturated heterocycles. The third-order valence-corrected chi connectivity index (χ3v) is 6.19. The minimum atomic E-state index is 0.225. The van der Waals surface area contributed by atoms with Crippen molar-refractivity contribution in [1.29, 1.82) is 0 Å². The first-order valence-electron chi connectivity index (χ1n) is 12.1. The Kier molecular flexibility index (Phi) is 8.73. The first-order chi connectivity index (χ1) is 16.8. The minimum Gasteiger partial charge on any atom is -0.493 e. The van der Waals surface area contributed by atoms with Crippen LogP contribution in [-0.4, -0.2) is 18.7 Å². The number of benzene rings is 3. The maximum absolute atomic E-state index is 6.22. The van der Waals surface area contributed by atoms with Gasteiger partial charge in [-0.1, -0.05) is 66.7 Å². The molecule has 1 heterocycles. The van der Waals surface area contributed by atoms with Crippen LogP contribution in [0.5, 0.6) is 11.5 Å². The lowest BCUT2D eigenvalue weighted by molar-refractivity contribution is 0.285. The van der Waals surface area contributed by atoms with Gasteiger partial charge >= 0.3 is 0 Å². The van der Waals surface area contributed by atoms with E-state index in [1.807, 2.05) is 18.5 Å². The van der Waals surface area contributed by atoms with E-state index >= 15 is 0 Å². The highest BCUT2D eigenvalue weighted by atomic mass is 16.5. The summed E-state index contributed by atoms with van der Waals surface area (Å²) in [6.45, 7) is 0.689. The maximum atomic E-state index is 6.22. The second kappa shape index (κ2) is 12.6. The highest BCUT2D eigenvalue weighted by Crippen LogP contribution is 2.35. The zero-order valence-electron chi connectivity index (χ0n) is 19.9. The van der Waals surface area contributed by atoms with Gasteiger partial charge in [0, 0.05) is 18.3 Å². The van der Waals surface area contributed by atoms with Crippen molar-refractivity contribution in [3.8, 4) is 11.5 Å². The van der Waals surface area contributed by atoms with Gasteiger partial charge in [-0.05, 0) is 78.6 Å². The van der Waals surface area contributed by atoms with E-state index in [4.69, 9.17) is 9.47 Å². The average Bonchev–Trinajstić information content (AvgIpc) is 2.91. The SMILES string of the molecule is COc1ccc([C@H](Cc2ccncc2)c2ccccc2)cc1OCCCCCc1ccccc1. The van der Waals surface area contributed by atoms with Gasteiger partial charge in [0.2, 0.25) is 0 Å². The fourth-order valence-electron chi connectivity index (χ4n) is 4.33. The minimum absolute atomic E-state index is 0.225. The van der Waals surface area contributed by atoms with Gasteiger partial charge in [-0.25, -0.2) is 0 Å². The van der Waals surface area contributed by atoms with E-state index in [-0.39, 0.29) is 5.92 Å².